The third kappa shape index (κ3) is 3.29. The number of carboxylic acids is 1. The second-order valence-electron chi connectivity index (χ2n) is 4.57. The van der Waals surface area contributed by atoms with Crippen molar-refractivity contribution in [3.63, 3.8) is 0 Å². The Kier molecular flexibility index (Phi) is 4.47. The van der Waals surface area contributed by atoms with Crippen LogP contribution in [0.25, 0.3) is 11.0 Å². The lowest BCUT2D eigenvalue weighted by Gasteiger charge is -2.07. The molecule has 1 N–H and O–H groups in total. The van der Waals surface area contributed by atoms with E-state index in [0.717, 1.165) is 35.6 Å². The second-order valence-corrected chi connectivity index (χ2v) is 5.52. The Bertz CT molecular complexity index is 592. The molecule has 0 aliphatic heterocycles. The summed E-state index contributed by atoms with van der Waals surface area (Å²) in [5.74, 6) is -0.760. The van der Waals surface area contributed by atoms with Gasteiger partial charge in [0, 0.05) is 6.54 Å². The molecular formula is C14H18N2O2S. The zero-order valence-corrected chi connectivity index (χ0v) is 12.0. The zero-order chi connectivity index (χ0) is 13.8. The molecular weight excluding hydrogens is 260 g/mol. The first-order valence-electron chi connectivity index (χ1n) is 6.43. The quantitative estimate of drug-likeness (QED) is 0.824. The van der Waals surface area contributed by atoms with E-state index >= 15 is 0 Å². The van der Waals surface area contributed by atoms with E-state index in [1.165, 1.54) is 17.3 Å². The summed E-state index contributed by atoms with van der Waals surface area (Å²) in [4.78, 5) is 15.3. The summed E-state index contributed by atoms with van der Waals surface area (Å²) >= 11 is 1.29. The maximum absolute atomic E-state index is 10.7. The van der Waals surface area contributed by atoms with Crippen LogP contribution in [-0.2, 0) is 11.3 Å². The summed E-state index contributed by atoms with van der Waals surface area (Å²) < 4.78 is 2.13. The number of hydrogen-bond acceptors (Lipinski definition) is 3. The molecule has 1 aromatic carbocycles. The van der Waals surface area contributed by atoms with Crippen molar-refractivity contribution in [2.45, 2.75) is 38.4 Å². The maximum Gasteiger partial charge on any atom is 0.313 e. The fraction of sp³-hybridized carbons (Fsp3) is 0.429. The van der Waals surface area contributed by atoms with Gasteiger partial charge in [-0.25, -0.2) is 4.98 Å². The number of benzene rings is 1. The van der Waals surface area contributed by atoms with E-state index in [1.807, 2.05) is 13.0 Å². The molecule has 5 heteroatoms. The Labute approximate surface area is 116 Å². The van der Waals surface area contributed by atoms with E-state index in [4.69, 9.17) is 5.11 Å². The molecule has 2 rings (SSSR count). The fourth-order valence-electron chi connectivity index (χ4n) is 1.99. The summed E-state index contributed by atoms with van der Waals surface area (Å²) in [6.07, 6.45) is 2.18. The van der Waals surface area contributed by atoms with E-state index in [2.05, 4.69) is 28.6 Å². The van der Waals surface area contributed by atoms with Crippen LogP contribution in [0.3, 0.4) is 0 Å². The van der Waals surface area contributed by atoms with Gasteiger partial charge >= 0.3 is 5.97 Å². The van der Waals surface area contributed by atoms with Gasteiger partial charge in [0.05, 0.1) is 16.8 Å². The number of thioether (sulfide) groups is 1. The topological polar surface area (TPSA) is 55.1 Å². The molecule has 0 spiro atoms. The molecule has 19 heavy (non-hydrogen) atoms. The third-order valence-electron chi connectivity index (χ3n) is 2.93. The van der Waals surface area contributed by atoms with Gasteiger partial charge in [0.25, 0.3) is 0 Å². The van der Waals surface area contributed by atoms with Crippen LogP contribution in [0, 0.1) is 6.92 Å². The van der Waals surface area contributed by atoms with Crippen molar-refractivity contribution in [3.05, 3.63) is 23.8 Å². The molecule has 0 aliphatic rings. The Hall–Kier alpha value is -1.49. The average molecular weight is 278 g/mol. The Morgan fingerprint density at radius 3 is 2.95 bits per heavy atom. The van der Waals surface area contributed by atoms with Gasteiger partial charge in [-0.1, -0.05) is 31.2 Å². The third-order valence-corrected chi connectivity index (χ3v) is 3.89. The molecule has 0 amide bonds. The number of carboxylic acid groups (broad SMARTS) is 1. The Morgan fingerprint density at radius 1 is 1.47 bits per heavy atom. The first-order chi connectivity index (χ1) is 9.11. The first kappa shape index (κ1) is 13.9. The van der Waals surface area contributed by atoms with Crippen molar-refractivity contribution < 1.29 is 9.90 Å². The molecule has 0 saturated carbocycles. The monoisotopic (exact) mass is 278 g/mol. The molecule has 102 valence electrons. The summed E-state index contributed by atoms with van der Waals surface area (Å²) in [7, 11) is 0. The molecule has 0 unspecified atom stereocenters. The highest BCUT2D eigenvalue weighted by Gasteiger charge is 2.12. The molecule has 0 fully saturated rings. The van der Waals surface area contributed by atoms with Crippen LogP contribution in [0.5, 0.6) is 0 Å². The van der Waals surface area contributed by atoms with Gasteiger partial charge in [-0.05, 0) is 31.0 Å². The van der Waals surface area contributed by atoms with E-state index in [-0.39, 0.29) is 5.75 Å². The van der Waals surface area contributed by atoms with Crippen LogP contribution in [0.4, 0.5) is 0 Å². The van der Waals surface area contributed by atoms with Gasteiger partial charge < -0.3 is 9.67 Å². The molecule has 0 radical (unpaired) electrons. The van der Waals surface area contributed by atoms with Crippen molar-refractivity contribution >= 4 is 28.8 Å². The zero-order valence-electron chi connectivity index (χ0n) is 11.2. The van der Waals surface area contributed by atoms with Crippen LogP contribution in [0.2, 0.25) is 0 Å². The van der Waals surface area contributed by atoms with Crippen LogP contribution in [0.15, 0.2) is 23.4 Å². The van der Waals surface area contributed by atoms with Gasteiger partial charge in [-0.3, -0.25) is 4.79 Å². The predicted molar refractivity (Wildman–Crippen MR) is 77.7 cm³/mol. The van der Waals surface area contributed by atoms with Crippen LogP contribution < -0.4 is 0 Å². The Balaban J connectivity index is 2.38. The van der Waals surface area contributed by atoms with Crippen molar-refractivity contribution in [1.82, 2.24) is 9.55 Å². The van der Waals surface area contributed by atoms with Gasteiger partial charge in [-0.2, -0.15) is 0 Å². The summed E-state index contributed by atoms with van der Waals surface area (Å²) in [6, 6.07) is 6.18. The number of imidazole rings is 1. The summed E-state index contributed by atoms with van der Waals surface area (Å²) in [5, 5.41) is 9.61. The number of fused-ring (bicyclic) bond motifs is 1. The second kappa shape index (κ2) is 6.10. The summed E-state index contributed by atoms with van der Waals surface area (Å²) in [5.41, 5.74) is 3.21. The fourth-order valence-corrected chi connectivity index (χ4v) is 2.75. The van der Waals surface area contributed by atoms with Crippen LogP contribution in [0.1, 0.15) is 25.3 Å². The van der Waals surface area contributed by atoms with Crippen molar-refractivity contribution in [3.8, 4) is 0 Å². The SMILES string of the molecule is CCCCn1c(SCC(=O)O)nc2cc(C)ccc21. The number of rotatable bonds is 6. The van der Waals surface area contributed by atoms with Crippen LogP contribution >= 0.6 is 11.8 Å². The van der Waals surface area contributed by atoms with E-state index in [0.29, 0.717) is 0 Å². The molecule has 1 heterocycles. The number of carbonyl (C=O) groups is 1. The molecule has 0 atom stereocenters. The number of hydrogen-bond donors (Lipinski definition) is 1. The van der Waals surface area contributed by atoms with Gasteiger partial charge in [-0.15, -0.1) is 0 Å². The molecule has 2 aromatic rings. The maximum atomic E-state index is 10.7. The number of aromatic nitrogens is 2. The average Bonchev–Trinajstić information content (AvgIpc) is 2.70. The van der Waals surface area contributed by atoms with E-state index in [1.54, 1.807) is 0 Å². The van der Waals surface area contributed by atoms with Crippen LogP contribution in [-0.4, -0.2) is 26.4 Å². The molecule has 0 saturated heterocycles. The molecule has 1 aromatic heterocycles. The van der Waals surface area contributed by atoms with Crippen molar-refractivity contribution in [2.24, 2.45) is 0 Å². The number of nitrogens with zero attached hydrogens (tertiary/aromatic N) is 2. The molecule has 4 nitrogen and oxygen atoms in total. The van der Waals surface area contributed by atoms with Gasteiger partial charge in [0.1, 0.15) is 0 Å². The minimum atomic E-state index is -0.810. The number of unbranched alkanes of at least 4 members (excludes halogenated alkanes) is 1. The summed E-state index contributed by atoms with van der Waals surface area (Å²) in [6.45, 7) is 5.07. The molecule has 0 aliphatic carbocycles. The van der Waals surface area contributed by atoms with Gasteiger partial charge in [0.2, 0.25) is 0 Å². The van der Waals surface area contributed by atoms with E-state index in [9.17, 15) is 4.79 Å². The smallest absolute Gasteiger partial charge is 0.313 e. The minimum Gasteiger partial charge on any atom is -0.481 e. The Morgan fingerprint density at radius 2 is 2.26 bits per heavy atom. The normalized spacial score (nSPS) is 11.1. The lowest BCUT2D eigenvalue weighted by Crippen LogP contribution is -2.03. The molecule has 0 bridgehead atoms. The van der Waals surface area contributed by atoms with E-state index < -0.39 is 5.97 Å². The number of aliphatic carboxylic acids is 1. The van der Waals surface area contributed by atoms with Crippen molar-refractivity contribution in [2.75, 3.05) is 5.75 Å². The standard InChI is InChI=1S/C14H18N2O2S/c1-3-4-7-16-12-6-5-10(2)8-11(12)15-14(16)19-9-13(17)18/h5-6,8H,3-4,7,9H2,1-2H3,(H,17,18). The highest BCUT2D eigenvalue weighted by atomic mass is 32.2. The minimum absolute atomic E-state index is 0.0500. The first-order valence-corrected chi connectivity index (χ1v) is 7.42. The lowest BCUT2D eigenvalue weighted by molar-refractivity contribution is -0.133. The predicted octanol–water partition coefficient (Wildman–Crippen LogP) is 3.32. The lowest BCUT2D eigenvalue weighted by atomic mass is 10.2. The highest BCUT2D eigenvalue weighted by molar-refractivity contribution is 7.99. The largest absolute Gasteiger partial charge is 0.481 e. The number of aryl methyl sites for hydroxylation is 2. The highest BCUT2D eigenvalue weighted by Crippen LogP contribution is 2.25. The van der Waals surface area contributed by atoms with Crippen molar-refractivity contribution in [1.29, 1.82) is 0 Å². The van der Waals surface area contributed by atoms with Gasteiger partial charge in [0.15, 0.2) is 5.16 Å².